The predicted molar refractivity (Wildman–Crippen MR) is 83.2 cm³/mol. The first-order valence-corrected chi connectivity index (χ1v) is 7.88. The van der Waals surface area contributed by atoms with Gasteiger partial charge >= 0.3 is 0 Å². The van der Waals surface area contributed by atoms with Crippen molar-refractivity contribution in [1.29, 1.82) is 0 Å². The van der Waals surface area contributed by atoms with Crippen LogP contribution in [0.3, 0.4) is 0 Å². The summed E-state index contributed by atoms with van der Waals surface area (Å²) >= 11 is 0. The minimum atomic E-state index is 0.206. The van der Waals surface area contributed by atoms with E-state index >= 15 is 0 Å². The fourth-order valence-corrected chi connectivity index (χ4v) is 2.78. The second-order valence-corrected chi connectivity index (χ2v) is 6.62. The molecule has 1 fully saturated rings. The van der Waals surface area contributed by atoms with Gasteiger partial charge in [-0.25, -0.2) is 0 Å². The molecule has 0 bridgehead atoms. The zero-order valence-corrected chi connectivity index (χ0v) is 13.2. The minimum absolute atomic E-state index is 0.206. The van der Waals surface area contributed by atoms with E-state index in [9.17, 15) is 0 Å². The van der Waals surface area contributed by atoms with Crippen molar-refractivity contribution >= 4 is 0 Å². The normalized spacial score (nSPS) is 22.1. The molecule has 0 amide bonds. The summed E-state index contributed by atoms with van der Waals surface area (Å²) in [5.41, 5.74) is 1.34. The summed E-state index contributed by atoms with van der Waals surface area (Å²) in [6.45, 7) is 10.8. The molecule has 1 aromatic heterocycles. The molecular formula is C17H28N2O. The average molecular weight is 276 g/mol. The molecule has 0 radical (unpaired) electrons. The number of rotatable bonds is 7. The van der Waals surface area contributed by atoms with Crippen LogP contribution >= 0.6 is 0 Å². The van der Waals surface area contributed by atoms with Crippen LogP contribution in [0.5, 0.6) is 5.75 Å². The van der Waals surface area contributed by atoms with Crippen molar-refractivity contribution in [2.24, 2.45) is 11.8 Å². The zero-order chi connectivity index (χ0) is 14.5. The van der Waals surface area contributed by atoms with Crippen LogP contribution in [0.25, 0.3) is 0 Å². The molecule has 1 saturated carbocycles. The molecule has 3 nitrogen and oxygen atoms in total. The van der Waals surface area contributed by atoms with Gasteiger partial charge in [-0.1, -0.05) is 13.8 Å². The lowest BCUT2D eigenvalue weighted by atomic mass is 9.70. The third kappa shape index (κ3) is 4.20. The largest absolute Gasteiger partial charge is 0.489 e. The van der Waals surface area contributed by atoms with Gasteiger partial charge in [0.1, 0.15) is 5.75 Å². The Morgan fingerprint density at radius 2 is 2.05 bits per heavy atom. The maximum Gasteiger partial charge on any atom is 0.138 e. The van der Waals surface area contributed by atoms with Gasteiger partial charge in [-0.2, -0.15) is 0 Å². The molecule has 1 aliphatic carbocycles. The van der Waals surface area contributed by atoms with Gasteiger partial charge in [0, 0.05) is 6.20 Å². The second-order valence-electron chi connectivity index (χ2n) is 6.62. The van der Waals surface area contributed by atoms with Crippen LogP contribution in [0, 0.1) is 11.8 Å². The lowest BCUT2D eigenvalue weighted by Gasteiger charge is -2.37. The summed E-state index contributed by atoms with van der Waals surface area (Å²) in [7, 11) is 0. The van der Waals surface area contributed by atoms with Crippen molar-refractivity contribution in [3.63, 3.8) is 0 Å². The Hall–Kier alpha value is -1.09. The van der Waals surface area contributed by atoms with Crippen LogP contribution in [0.1, 0.15) is 52.0 Å². The highest BCUT2D eigenvalue weighted by Gasteiger charge is 2.32. The quantitative estimate of drug-likeness (QED) is 0.826. The Labute approximate surface area is 123 Å². The summed E-state index contributed by atoms with van der Waals surface area (Å²) < 4.78 is 5.74. The lowest BCUT2D eigenvalue weighted by Crippen LogP contribution is -2.35. The van der Waals surface area contributed by atoms with E-state index in [1.807, 2.05) is 12.4 Å². The minimum Gasteiger partial charge on any atom is -0.489 e. The van der Waals surface area contributed by atoms with E-state index in [4.69, 9.17) is 4.74 Å². The summed E-state index contributed by atoms with van der Waals surface area (Å²) in [6.07, 6.45) is 6.63. The summed E-state index contributed by atoms with van der Waals surface area (Å²) in [5.74, 6) is 3.03. The van der Waals surface area contributed by atoms with Gasteiger partial charge in [0.25, 0.3) is 0 Å². The van der Waals surface area contributed by atoms with Crippen LogP contribution < -0.4 is 10.1 Å². The summed E-state index contributed by atoms with van der Waals surface area (Å²) in [4.78, 5) is 4.34. The summed E-state index contributed by atoms with van der Waals surface area (Å²) in [5, 5.41) is 3.58. The van der Waals surface area contributed by atoms with Crippen molar-refractivity contribution < 1.29 is 4.74 Å². The Bertz CT molecular complexity index is 417. The molecule has 2 atom stereocenters. The Morgan fingerprint density at radius 1 is 1.25 bits per heavy atom. The average Bonchev–Trinajstić information content (AvgIpc) is 2.32. The van der Waals surface area contributed by atoms with Gasteiger partial charge in [0.15, 0.2) is 0 Å². The van der Waals surface area contributed by atoms with Gasteiger partial charge in [-0.3, -0.25) is 4.98 Å². The molecular weight excluding hydrogens is 248 g/mol. The highest BCUT2D eigenvalue weighted by atomic mass is 16.5. The predicted octanol–water partition coefficient (Wildman–Crippen LogP) is 3.61. The van der Waals surface area contributed by atoms with Crippen LogP contribution in [0.2, 0.25) is 0 Å². The number of pyridine rings is 1. The number of hydrogen-bond donors (Lipinski definition) is 1. The molecule has 1 N–H and O–H groups in total. The number of hydrogen-bond acceptors (Lipinski definition) is 3. The maximum atomic E-state index is 5.74. The van der Waals surface area contributed by atoms with E-state index in [0.717, 1.165) is 30.7 Å². The Balaban J connectivity index is 1.90. The molecule has 0 aliphatic heterocycles. The molecule has 3 heteroatoms. The van der Waals surface area contributed by atoms with E-state index in [2.05, 4.69) is 44.1 Å². The molecule has 0 spiro atoms. The fraction of sp³-hybridized carbons (Fsp3) is 0.706. The fourth-order valence-electron chi connectivity index (χ4n) is 2.78. The number of nitrogens with one attached hydrogen (secondary N) is 1. The van der Waals surface area contributed by atoms with Gasteiger partial charge in [0.2, 0.25) is 0 Å². The smallest absolute Gasteiger partial charge is 0.138 e. The van der Waals surface area contributed by atoms with Crippen LogP contribution in [0.4, 0.5) is 0 Å². The standard InChI is InChI=1S/C17H28N2O/c1-12(2)8-18-9-14-5-6-17(14)15-7-16(11-19-10-15)20-13(3)4/h7,10-14,17-18H,5-6,8-9H2,1-4H3. The van der Waals surface area contributed by atoms with Crippen molar-refractivity contribution in [3.05, 3.63) is 24.0 Å². The van der Waals surface area contributed by atoms with Gasteiger partial charge in [-0.05, 0) is 69.2 Å². The highest BCUT2D eigenvalue weighted by Crippen LogP contribution is 2.42. The first-order chi connectivity index (χ1) is 9.56. The SMILES string of the molecule is CC(C)CNCC1CCC1c1cncc(OC(C)C)c1. The topological polar surface area (TPSA) is 34.2 Å². The van der Waals surface area contributed by atoms with E-state index in [1.54, 1.807) is 0 Å². The van der Waals surface area contributed by atoms with Gasteiger partial charge in [-0.15, -0.1) is 0 Å². The third-order valence-corrected chi connectivity index (χ3v) is 3.91. The van der Waals surface area contributed by atoms with Gasteiger partial charge in [0.05, 0.1) is 12.3 Å². The maximum absolute atomic E-state index is 5.74. The first-order valence-electron chi connectivity index (χ1n) is 7.88. The highest BCUT2D eigenvalue weighted by molar-refractivity contribution is 5.28. The monoisotopic (exact) mass is 276 g/mol. The molecule has 112 valence electrons. The Morgan fingerprint density at radius 3 is 2.65 bits per heavy atom. The molecule has 1 heterocycles. The molecule has 1 aromatic rings. The van der Waals surface area contributed by atoms with E-state index in [-0.39, 0.29) is 6.10 Å². The molecule has 20 heavy (non-hydrogen) atoms. The molecule has 0 aromatic carbocycles. The number of aromatic nitrogens is 1. The van der Waals surface area contributed by atoms with Gasteiger partial charge < -0.3 is 10.1 Å². The number of ether oxygens (including phenoxy) is 1. The third-order valence-electron chi connectivity index (χ3n) is 3.91. The van der Waals surface area contributed by atoms with Crippen molar-refractivity contribution in [2.75, 3.05) is 13.1 Å². The molecule has 0 saturated heterocycles. The summed E-state index contributed by atoms with van der Waals surface area (Å²) in [6, 6.07) is 2.17. The van der Waals surface area contributed by atoms with Crippen LogP contribution in [-0.4, -0.2) is 24.2 Å². The molecule has 2 rings (SSSR count). The van der Waals surface area contributed by atoms with Crippen LogP contribution in [0.15, 0.2) is 18.5 Å². The van der Waals surface area contributed by atoms with Crippen molar-refractivity contribution in [1.82, 2.24) is 10.3 Å². The van der Waals surface area contributed by atoms with E-state index in [1.165, 1.54) is 18.4 Å². The first kappa shape index (κ1) is 15.3. The van der Waals surface area contributed by atoms with Crippen molar-refractivity contribution in [2.45, 2.75) is 52.6 Å². The van der Waals surface area contributed by atoms with E-state index in [0.29, 0.717) is 5.92 Å². The molecule has 2 unspecified atom stereocenters. The van der Waals surface area contributed by atoms with Crippen LogP contribution in [-0.2, 0) is 0 Å². The lowest BCUT2D eigenvalue weighted by molar-refractivity contribution is 0.232. The second kappa shape index (κ2) is 7.07. The molecule has 1 aliphatic rings. The zero-order valence-electron chi connectivity index (χ0n) is 13.2. The number of nitrogens with zero attached hydrogens (tertiary/aromatic N) is 1. The van der Waals surface area contributed by atoms with E-state index < -0.39 is 0 Å². The van der Waals surface area contributed by atoms with Crippen molar-refractivity contribution in [3.8, 4) is 5.75 Å². The Kier molecular flexibility index (Phi) is 5.41.